The summed E-state index contributed by atoms with van der Waals surface area (Å²) in [6.07, 6.45) is 3.03. The fourth-order valence-electron chi connectivity index (χ4n) is 3.58. The van der Waals surface area contributed by atoms with Crippen molar-refractivity contribution in [2.75, 3.05) is 0 Å². The minimum atomic E-state index is 0.974. The highest BCUT2D eigenvalue weighted by molar-refractivity contribution is 5.80. The van der Waals surface area contributed by atoms with Crippen LogP contribution in [-0.2, 0) is 6.42 Å². The second-order valence-corrected chi connectivity index (χ2v) is 6.15. The molecule has 4 aromatic rings. The Morgan fingerprint density at radius 2 is 1.50 bits per heavy atom. The van der Waals surface area contributed by atoms with Crippen molar-refractivity contribution in [3.8, 4) is 28.1 Å². The van der Waals surface area contributed by atoms with Crippen molar-refractivity contribution in [3.63, 3.8) is 0 Å². The van der Waals surface area contributed by atoms with E-state index in [1.165, 1.54) is 27.9 Å². The molecule has 0 saturated heterocycles. The van der Waals surface area contributed by atoms with Gasteiger partial charge in [0.1, 0.15) is 0 Å². The van der Waals surface area contributed by atoms with Gasteiger partial charge < -0.3 is 0 Å². The van der Waals surface area contributed by atoms with E-state index in [1.807, 2.05) is 22.9 Å². The van der Waals surface area contributed by atoms with Gasteiger partial charge in [-0.05, 0) is 34.4 Å². The molecule has 0 radical (unpaired) electrons. The third-order valence-corrected chi connectivity index (χ3v) is 4.73. The van der Waals surface area contributed by atoms with Crippen LogP contribution in [0.1, 0.15) is 11.1 Å². The maximum Gasteiger partial charge on any atom is 0.0927 e. The van der Waals surface area contributed by atoms with Crippen molar-refractivity contribution in [3.05, 3.63) is 96.2 Å². The molecule has 2 heteroatoms. The molecule has 3 aromatic carbocycles. The monoisotopic (exact) mass is 308 g/mol. The summed E-state index contributed by atoms with van der Waals surface area (Å²) < 4.78 is 2.01. The summed E-state index contributed by atoms with van der Waals surface area (Å²) >= 11 is 0. The summed E-state index contributed by atoms with van der Waals surface area (Å²) in [4.78, 5) is 0. The smallest absolute Gasteiger partial charge is 0.0927 e. The highest BCUT2D eigenvalue weighted by Gasteiger charge is 2.21. The number of benzene rings is 3. The first-order valence-corrected chi connectivity index (χ1v) is 8.22. The summed E-state index contributed by atoms with van der Waals surface area (Å²) in [6.45, 7) is 0. The van der Waals surface area contributed by atoms with E-state index in [4.69, 9.17) is 5.10 Å². The summed E-state index contributed by atoms with van der Waals surface area (Å²) in [7, 11) is 0. The molecule has 1 heterocycles. The standard InChI is InChI=1S/C22H16N2/c1-2-7-16(8-3-1)21-13-14-24(23-21)22-12-6-11-19-18-10-5-4-9-17(18)15-20(19)22/h1-14H,15H2. The topological polar surface area (TPSA) is 17.8 Å². The second-order valence-electron chi connectivity index (χ2n) is 6.15. The zero-order valence-corrected chi connectivity index (χ0v) is 13.2. The van der Waals surface area contributed by atoms with Gasteiger partial charge in [-0.2, -0.15) is 5.10 Å². The van der Waals surface area contributed by atoms with Crippen LogP contribution in [0.5, 0.6) is 0 Å². The number of aromatic nitrogens is 2. The van der Waals surface area contributed by atoms with Gasteiger partial charge in [0.05, 0.1) is 11.4 Å². The molecular weight excluding hydrogens is 292 g/mol. The number of rotatable bonds is 2. The average Bonchev–Trinajstić information content (AvgIpc) is 3.27. The van der Waals surface area contributed by atoms with Gasteiger partial charge in [0.25, 0.3) is 0 Å². The third kappa shape index (κ3) is 2.00. The van der Waals surface area contributed by atoms with Crippen LogP contribution in [0.2, 0.25) is 0 Å². The summed E-state index contributed by atoms with van der Waals surface area (Å²) in [6, 6.07) is 27.6. The van der Waals surface area contributed by atoms with Crippen LogP contribution < -0.4 is 0 Å². The Kier molecular flexibility index (Phi) is 2.89. The maximum atomic E-state index is 4.81. The minimum Gasteiger partial charge on any atom is -0.240 e. The average molecular weight is 308 g/mol. The molecule has 5 rings (SSSR count). The SMILES string of the molecule is c1ccc(-c2ccn(-c3cccc4c3Cc3ccccc3-4)n2)cc1. The highest BCUT2D eigenvalue weighted by Crippen LogP contribution is 2.39. The van der Waals surface area contributed by atoms with Gasteiger partial charge in [0.15, 0.2) is 0 Å². The maximum absolute atomic E-state index is 4.81. The van der Waals surface area contributed by atoms with Crippen molar-refractivity contribution < 1.29 is 0 Å². The minimum absolute atomic E-state index is 0.974. The summed E-state index contributed by atoms with van der Waals surface area (Å²) in [5.74, 6) is 0. The van der Waals surface area contributed by atoms with E-state index >= 15 is 0 Å². The van der Waals surface area contributed by atoms with Crippen molar-refractivity contribution in [1.29, 1.82) is 0 Å². The molecule has 1 aromatic heterocycles. The van der Waals surface area contributed by atoms with E-state index in [0.29, 0.717) is 0 Å². The molecule has 1 aliphatic rings. The first kappa shape index (κ1) is 13.3. The molecular formula is C22H16N2. The highest BCUT2D eigenvalue weighted by atomic mass is 15.3. The van der Waals surface area contributed by atoms with Crippen molar-refractivity contribution in [2.45, 2.75) is 6.42 Å². The normalized spacial score (nSPS) is 12.0. The number of nitrogens with zero attached hydrogens (tertiary/aromatic N) is 2. The molecule has 24 heavy (non-hydrogen) atoms. The molecule has 2 nitrogen and oxygen atoms in total. The van der Waals surface area contributed by atoms with Crippen molar-refractivity contribution in [2.24, 2.45) is 0 Å². The Labute approximate surface area is 141 Å². The number of hydrogen-bond acceptors (Lipinski definition) is 1. The predicted octanol–water partition coefficient (Wildman–Crippen LogP) is 5.11. The lowest BCUT2D eigenvalue weighted by molar-refractivity contribution is 0.873. The van der Waals surface area contributed by atoms with E-state index in [-0.39, 0.29) is 0 Å². The van der Waals surface area contributed by atoms with Gasteiger partial charge in [0.2, 0.25) is 0 Å². The molecule has 0 aliphatic heterocycles. The molecule has 0 atom stereocenters. The predicted molar refractivity (Wildman–Crippen MR) is 97.2 cm³/mol. The van der Waals surface area contributed by atoms with Crippen LogP contribution in [0.15, 0.2) is 85.1 Å². The van der Waals surface area contributed by atoms with Crippen molar-refractivity contribution in [1.82, 2.24) is 9.78 Å². The van der Waals surface area contributed by atoms with Gasteiger partial charge in [-0.3, -0.25) is 0 Å². The van der Waals surface area contributed by atoms with Gasteiger partial charge in [-0.25, -0.2) is 4.68 Å². The molecule has 0 N–H and O–H groups in total. The molecule has 0 amide bonds. The zero-order valence-electron chi connectivity index (χ0n) is 13.2. The van der Waals surface area contributed by atoms with Crippen LogP contribution in [0.4, 0.5) is 0 Å². The molecule has 114 valence electrons. The van der Waals surface area contributed by atoms with E-state index in [9.17, 15) is 0 Å². The quantitative estimate of drug-likeness (QED) is 0.443. The fraction of sp³-hybridized carbons (Fsp3) is 0.0455. The lowest BCUT2D eigenvalue weighted by Crippen LogP contribution is -1.99. The molecule has 1 aliphatic carbocycles. The number of fused-ring (bicyclic) bond motifs is 3. The first-order chi connectivity index (χ1) is 11.9. The van der Waals surface area contributed by atoms with Gasteiger partial charge in [-0.15, -0.1) is 0 Å². The van der Waals surface area contributed by atoms with Crippen LogP contribution in [0.3, 0.4) is 0 Å². The molecule has 0 saturated carbocycles. The van der Waals surface area contributed by atoms with Crippen molar-refractivity contribution >= 4 is 0 Å². The van der Waals surface area contributed by atoms with Crippen LogP contribution in [-0.4, -0.2) is 9.78 Å². The molecule has 0 spiro atoms. The second kappa shape index (κ2) is 5.20. The third-order valence-electron chi connectivity index (χ3n) is 4.73. The van der Waals surface area contributed by atoms with Crippen LogP contribution in [0, 0.1) is 0 Å². The molecule has 0 bridgehead atoms. The molecule has 0 unspecified atom stereocenters. The lowest BCUT2D eigenvalue weighted by Gasteiger charge is -2.08. The van der Waals surface area contributed by atoms with E-state index < -0.39 is 0 Å². The Hall–Kier alpha value is -3.13. The van der Waals surface area contributed by atoms with Crippen LogP contribution in [0.25, 0.3) is 28.1 Å². The summed E-state index contributed by atoms with van der Waals surface area (Å²) in [5, 5.41) is 4.81. The first-order valence-electron chi connectivity index (χ1n) is 8.22. The Balaban J connectivity index is 1.62. The van der Waals surface area contributed by atoms with Gasteiger partial charge in [0, 0.05) is 18.2 Å². The fourth-order valence-corrected chi connectivity index (χ4v) is 3.58. The number of hydrogen-bond donors (Lipinski definition) is 0. The van der Waals surface area contributed by atoms with E-state index in [0.717, 1.165) is 17.7 Å². The van der Waals surface area contributed by atoms with Gasteiger partial charge in [-0.1, -0.05) is 66.7 Å². The van der Waals surface area contributed by atoms with Gasteiger partial charge >= 0.3 is 0 Å². The lowest BCUT2D eigenvalue weighted by atomic mass is 10.1. The van der Waals surface area contributed by atoms with E-state index in [2.05, 4.69) is 66.9 Å². The Morgan fingerprint density at radius 3 is 2.42 bits per heavy atom. The van der Waals surface area contributed by atoms with Crippen LogP contribution >= 0.6 is 0 Å². The Morgan fingerprint density at radius 1 is 0.708 bits per heavy atom. The largest absolute Gasteiger partial charge is 0.240 e. The molecule has 0 fully saturated rings. The van der Waals surface area contributed by atoms with E-state index in [1.54, 1.807) is 0 Å². The zero-order chi connectivity index (χ0) is 15.9. The Bertz CT molecular complexity index is 1030. The summed E-state index contributed by atoms with van der Waals surface area (Å²) in [5.41, 5.74) is 8.77.